The Balaban J connectivity index is 1.77. The second kappa shape index (κ2) is 4.97. The second-order valence-electron chi connectivity index (χ2n) is 5.03. The average molecular weight is 210 g/mol. The lowest BCUT2D eigenvalue weighted by Crippen LogP contribution is -2.41. The molecule has 3 heteroatoms. The van der Waals surface area contributed by atoms with Crippen molar-refractivity contribution in [1.29, 1.82) is 0 Å². The van der Waals surface area contributed by atoms with Crippen molar-refractivity contribution in [3.63, 3.8) is 0 Å². The quantitative estimate of drug-likeness (QED) is 0.737. The molecule has 2 aliphatic rings. The van der Waals surface area contributed by atoms with Crippen molar-refractivity contribution in [3.05, 3.63) is 0 Å². The van der Waals surface area contributed by atoms with E-state index in [0.717, 1.165) is 25.9 Å². The maximum atomic E-state index is 11.9. The molecule has 86 valence electrons. The first kappa shape index (κ1) is 10.9. The standard InChI is InChI=1S/C12H22N2O/c1-9(11-6-7-13-8-11)14-12(15)10-4-2-3-5-10/h9-11,13H,2-8H2,1H3,(H,14,15). The summed E-state index contributed by atoms with van der Waals surface area (Å²) < 4.78 is 0. The molecule has 15 heavy (non-hydrogen) atoms. The predicted molar refractivity (Wildman–Crippen MR) is 60.5 cm³/mol. The molecule has 0 radical (unpaired) electrons. The summed E-state index contributed by atoms with van der Waals surface area (Å²) in [6.07, 6.45) is 5.87. The maximum Gasteiger partial charge on any atom is 0.223 e. The largest absolute Gasteiger partial charge is 0.353 e. The van der Waals surface area contributed by atoms with Gasteiger partial charge in [0.1, 0.15) is 0 Å². The summed E-state index contributed by atoms with van der Waals surface area (Å²) in [5.74, 6) is 1.24. The molecular formula is C12H22N2O. The van der Waals surface area contributed by atoms with Gasteiger partial charge in [0.15, 0.2) is 0 Å². The van der Waals surface area contributed by atoms with Crippen molar-refractivity contribution in [2.45, 2.75) is 45.1 Å². The normalized spacial score (nSPS) is 29.3. The van der Waals surface area contributed by atoms with Crippen molar-refractivity contribution in [1.82, 2.24) is 10.6 Å². The van der Waals surface area contributed by atoms with Crippen molar-refractivity contribution < 1.29 is 4.79 Å². The SMILES string of the molecule is CC(NC(=O)C1CCCC1)C1CCNC1. The average Bonchev–Trinajstić information content (AvgIpc) is 2.91. The summed E-state index contributed by atoms with van der Waals surface area (Å²) in [7, 11) is 0. The number of amides is 1. The Bertz CT molecular complexity index is 218. The maximum absolute atomic E-state index is 11.9. The monoisotopic (exact) mass is 210 g/mol. The van der Waals surface area contributed by atoms with Crippen LogP contribution in [0.5, 0.6) is 0 Å². The van der Waals surface area contributed by atoms with Gasteiger partial charge in [-0.15, -0.1) is 0 Å². The molecule has 1 heterocycles. The van der Waals surface area contributed by atoms with Gasteiger partial charge in [-0.2, -0.15) is 0 Å². The molecule has 2 fully saturated rings. The Morgan fingerprint density at radius 3 is 2.67 bits per heavy atom. The van der Waals surface area contributed by atoms with E-state index in [1.165, 1.54) is 19.3 Å². The van der Waals surface area contributed by atoms with Gasteiger partial charge in [0.25, 0.3) is 0 Å². The van der Waals surface area contributed by atoms with Gasteiger partial charge in [-0.25, -0.2) is 0 Å². The first-order chi connectivity index (χ1) is 7.27. The lowest BCUT2D eigenvalue weighted by molar-refractivity contribution is -0.125. The van der Waals surface area contributed by atoms with Crippen LogP contribution >= 0.6 is 0 Å². The van der Waals surface area contributed by atoms with Gasteiger partial charge < -0.3 is 10.6 Å². The highest BCUT2D eigenvalue weighted by Crippen LogP contribution is 2.25. The van der Waals surface area contributed by atoms with E-state index in [4.69, 9.17) is 0 Å². The highest BCUT2D eigenvalue weighted by Gasteiger charge is 2.27. The fraction of sp³-hybridized carbons (Fsp3) is 0.917. The highest BCUT2D eigenvalue weighted by atomic mass is 16.1. The van der Waals surface area contributed by atoms with Gasteiger partial charge in [0.05, 0.1) is 0 Å². The van der Waals surface area contributed by atoms with Crippen LogP contribution in [-0.2, 0) is 4.79 Å². The predicted octanol–water partition coefficient (Wildman–Crippen LogP) is 1.29. The second-order valence-corrected chi connectivity index (χ2v) is 5.03. The van der Waals surface area contributed by atoms with E-state index in [9.17, 15) is 4.79 Å². The number of hydrogen-bond donors (Lipinski definition) is 2. The van der Waals surface area contributed by atoms with Crippen LogP contribution in [0.25, 0.3) is 0 Å². The topological polar surface area (TPSA) is 41.1 Å². The summed E-state index contributed by atoms with van der Waals surface area (Å²) in [5.41, 5.74) is 0. The van der Waals surface area contributed by atoms with E-state index in [-0.39, 0.29) is 0 Å². The van der Waals surface area contributed by atoms with Crippen LogP contribution in [0.15, 0.2) is 0 Å². The fourth-order valence-electron chi connectivity index (χ4n) is 2.75. The van der Waals surface area contributed by atoms with E-state index in [0.29, 0.717) is 23.8 Å². The summed E-state index contributed by atoms with van der Waals surface area (Å²) in [5, 5.41) is 6.53. The number of nitrogens with one attached hydrogen (secondary N) is 2. The number of hydrogen-bond acceptors (Lipinski definition) is 2. The zero-order chi connectivity index (χ0) is 10.7. The molecule has 1 aliphatic carbocycles. The van der Waals surface area contributed by atoms with Crippen LogP contribution in [0.4, 0.5) is 0 Å². The van der Waals surface area contributed by atoms with Crippen molar-refractivity contribution >= 4 is 5.91 Å². The van der Waals surface area contributed by atoms with Crippen molar-refractivity contribution in [2.24, 2.45) is 11.8 Å². The molecule has 2 rings (SSSR count). The van der Waals surface area contributed by atoms with Gasteiger partial charge in [-0.3, -0.25) is 4.79 Å². The number of rotatable bonds is 3. The van der Waals surface area contributed by atoms with Crippen molar-refractivity contribution in [3.8, 4) is 0 Å². The minimum absolute atomic E-state index is 0.298. The third-order valence-corrected chi connectivity index (χ3v) is 3.90. The zero-order valence-corrected chi connectivity index (χ0v) is 9.59. The lowest BCUT2D eigenvalue weighted by Gasteiger charge is -2.21. The van der Waals surface area contributed by atoms with Gasteiger partial charge in [0.2, 0.25) is 5.91 Å². The van der Waals surface area contributed by atoms with E-state index in [2.05, 4.69) is 17.6 Å². The first-order valence-electron chi connectivity index (χ1n) is 6.28. The van der Waals surface area contributed by atoms with Crippen LogP contribution in [0.2, 0.25) is 0 Å². The zero-order valence-electron chi connectivity index (χ0n) is 9.59. The molecule has 2 unspecified atom stereocenters. The molecule has 1 saturated heterocycles. The van der Waals surface area contributed by atoms with Gasteiger partial charge in [0, 0.05) is 12.0 Å². The Hall–Kier alpha value is -0.570. The molecule has 1 saturated carbocycles. The molecule has 2 N–H and O–H groups in total. The highest BCUT2D eigenvalue weighted by molar-refractivity contribution is 5.79. The summed E-state index contributed by atoms with van der Waals surface area (Å²) in [6, 6.07) is 0.341. The molecular weight excluding hydrogens is 188 g/mol. The molecule has 1 aliphatic heterocycles. The third-order valence-electron chi connectivity index (χ3n) is 3.90. The van der Waals surface area contributed by atoms with Crippen LogP contribution in [-0.4, -0.2) is 25.0 Å². The molecule has 0 bridgehead atoms. The van der Waals surface area contributed by atoms with E-state index in [1.807, 2.05) is 0 Å². The minimum atomic E-state index is 0.298. The molecule has 0 aromatic heterocycles. The molecule has 1 amide bonds. The molecule has 0 aromatic rings. The lowest BCUT2D eigenvalue weighted by atomic mass is 9.99. The molecule has 0 aromatic carbocycles. The molecule has 0 spiro atoms. The summed E-state index contributed by atoms with van der Waals surface area (Å²) >= 11 is 0. The smallest absolute Gasteiger partial charge is 0.223 e. The Morgan fingerprint density at radius 2 is 2.07 bits per heavy atom. The van der Waals surface area contributed by atoms with E-state index >= 15 is 0 Å². The van der Waals surface area contributed by atoms with Crippen LogP contribution in [0, 0.1) is 11.8 Å². The summed E-state index contributed by atoms with van der Waals surface area (Å²) in [4.78, 5) is 11.9. The minimum Gasteiger partial charge on any atom is -0.353 e. The van der Waals surface area contributed by atoms with Gasteiger partial charge in [-0.05, 0) is 45.2 Å². The van der Waals surface area contributed by atoms with Gasteiger partial charge >= 0.3 is 0 Å². The van der Waals surface area contributed by atoms with Crippen LogP contribution in [0.1, 0.15) is 39.0 Å². The van der Waals surface area contributed by atoms with Crippen LogP contribution in [0.3, 0.4) is 0 Å². The van der Waals surface area contributed by atoms with Gasteiger partial charge in [-0.1, -0.05) is 12.8 Å². The number of carbonyl (C=O) groups is 1. The summed E-state index contributed by atoms with van der Waals surface area (Å²) in [6.45, 7) is 4.31. The Labute approximate surface area is 92.0 Å². The third kappa shape index (κ3) is 2.71. The van der Waals surface area contributed by atoms with E-state index < -0.39 is 0 Å². The fourth-order valence-corrected chi connectivity index (χ4v) is 2.75. The first-order valence-corrected chi connectivity index (χ1v) is 6.28. The van der Waals surface area contributed by atoms with Crippen molar-refractivity contribution in [2.75, 3.05) is 13.1 Å². The Kier molecular flexibility index (Phi) is 3.62. The van der Waals surface area contributed by atoms with E-state index in [1.54, 1.807) is 0 Å². The molecule has 3 nitrogen and oxygen atoms in total. The molecule has 2 atom stereocenters. The Morgan fingerprint density at radius 1 is 1.33 bits per heavy atom. The number of carbonyl (C=O) groups excluding carboxylic acids is 1. The van der Waals surface area contributed by atoms with Crippen LogP contribution < -0.4 is 10.6 Å².